The van der Waals surface area contributed by atoms with E-state index in [4.69, 9.17) is 0 Å². The lowest BCUT2D eigenvalue weighted by Gasteiger charge is -2.34. The van der Waals surface area contributed by atoms with E-state index in [1.807, 2.05) is 42.6 Å². The minimum absolute atomic E-state index is 0.158. The second-order valence-electron chi connectivity index (χ2n) is 6.50. The molecule has 4 heteroatoms. The number of aliphatic hydroxyl groups is 1. The average Bonchev–Trinajstić information content (AvgIpc) is 3.08. The fourth-order valence-corrected chi connectivity index (χ4v) is 3.60. The van der Waals surface area contributed by atoms with Crippen LogP contribution in [0.25, 0.3) is 10.9 Å². The summed E-state index contributed by atoms with van der Waals surface area (Å²) in [6, 6.07) is 15.5. The van der Waals surface area contributed by atoms with Crippen molar-refractivity contribution in [3.63, 3.8) is 0 Å². The molecule has 0 saturated carbocycles. The molecule has 3 N–H and O–H groups in total. The van der Waals surface area contributed by atoms with Crippen molar-refractivity contribution in [3.05, 3.63) is 71.4 Å². The molecule has 1 atom stereocenters. The van der Waals surface area contributed by atoms with Crippen molar-refractivity contribution >= 4 is 16.8 Å². The number of rotatable bonds is 3. The molecule has 0 fully saturated rings. The Labute approximate surface area is 140 Å². The molecule has 1 unspecified atom stereocenters. The first kappa shape index (κ1) is 15.0. The lowest BCUT2D eigenvalue weighted by molar-refractivity contribution is 0.0189. The zero-order valence-electron chi connectivity index (χ0n) is 13.4. The maximum atomic E-state index is 12.5. The molecule has 0 radical (unpaired) electrons. The number of hydrogen-bond donors (Lipinski definition) is 3. The molecule has 24 heavy (non-hydrogen) atoms. The van der Waals surface area contributed by atoms with E-state index in [0.29, 0.717) is 12.0 Å². The Morgan fingerprint density at radius 1 is 1.21 bits per heavy atom. The summed E-state index contributed by atoms with van der Waals surface area (Å²) in [5.74, 6) is -0.158. The second-order valence-corrected chi connectivity index (χ2v) is 6.50. The third kappa shape index (κ3) is 2.59. The Morgan fingerprint density at radius 2 is 2.08 bits per heavy atom. The predicted molar refractivity (Wildman–Crippen MR) is 93.9 cm³/mol. The van der Waals surface area contributed by atoms with Crippen LogP contribution in [0.3, 0.4) is 0 Å². The lowest BCUT2D eigenvalue weighted by atomic mass is 9.79. The molecular formula is C20H20N2O2. The van der Waals surface area contributed by atoms with Gasteiger partial charge in [-0.3, -0.25) is 4.79 Å². The SMILES string of the molecule is O=C(NCC1(O)CCCc2ccccc21)c1ccc2[nH]ccc2c1. The maximum absolute atomic E-state index is 12.5. The number of H-pyrrole nitrogens is 1. The van der Waals surface area contributed by atoms with Crippen LogP contribution >= 0.6 is 0 Å². The number of aryl methyl sites for hydroxylation is 1. The molecule has 1 amide bonds. The molecule has 3 aromatic rings. The van der Waals surface area contributed by atoms with Crippen LogP contribution in [0.1, 0.15) is 34.3 Å². The molecule has 1 heterocycles. The maximum Gasteiger partial charge on any atom is 0.251 e. The fourth-order valence-electron chi connectivity index (χ4n) is 3.60. The number of aromatic amines is 1. The number of carbonyl (C=O) groups is 1. The Bertz CT molecular complexity index is 899. The van der Waals surface area contributed by atoms with E-state index < -0.39 is 5.60 Å². The first-order valence-electron chi connectivity index (χ1n) is 8.32. The zero-order chi connectivity index (χ0) is 16.6. The average molecular weight is 320 g/mol. The van der Waals surface area contributed by atoms with Gasteiger partial charge in [-0.15, -0.1) is 0 Å². The molecule has 0 bridgehead atoms. The van der Waals surface area contributed by atoms with Crippen molar-refractivity contribution in [1.82, 2.24) is 10.3 Å². The van der Waals surface area contributed by atoms with Gasteiger partial charge in [0.05, 0.1) is 6.54 Å². The van der Waals surface area contributed by atoms with Crippen molar-refractivity contribution in [3.8, 4) is 0 Å². The number of aromatic nitrogens is 1. The fraction of sp³-hybridized carbons (Fsp3) is 0.250. The highest BCUT2D eigenvalue weighted by atomic mass is 16.3. The van der Waals surface area contributed by atoms with E-state index in [0.717, 1.165) is 29.3 Å². The summed E-state index contributed by atoms with van der Waals surface area (Å²) in [6.07, 6.45) is 4.43. The van der Waals surface area contributed by atoms with Crippen LogP contribution in [0.5, 0.6) is 0 Å². The van der Waals surface area contributed by atoms with Crippen molar-refractivity contribution in [2.45, 2.75) is 24.9 Å². The van der Waals surface area contributed by atoms with Crippen LogP contribution in [0.15, 0.2) is 54.7 Å². The molecule has 0 saturated heterocycles. The van der Waals surface area contributed by atoms with Crippen LogP contribution in [0.4, 0.5) is 0 Å². The van der Waals surface area contributed by atoms with Gasteiger partial charge in [-0.2, -0.15) is 0 Å². The van der Waals surface area contributed by atoms with Gasteiger partial charge in [0, 0.05) is 22.7 Å². The molecule has 1 aliphatic carbocycles. The van der Waals surface area contributed by atoms with Crippen LogP contribution in [0.2, 0.25) is 0 Å². The molecule has 0 spiro atoms. The van der Waals surface area contributed by atoms with Gasteiger partial charge in [0.1, 0.15) is 5.60 Å². The third-order valence-corrected chi connectivity index (χ3v) is 4.91. The number of amides is 1. The van der Waals surface area contributed by atoms with Gasteiger partial charge in [0.25, 0.3) is 5.91 Å². The van der Waals surface area contributed by atoms with Gasteiger partial charge in [-0.25, -0.2) is 0 Å². The van der Waals surface area contributed by atoms with Gasteiger partial charge in [-0.05, 0) is 54.7 Å². The van der Waals surface area contributed by atoms with Crippen LogP contribution in [-0.2, 0) is 12.0 Å². The van der Waals surface area contributed by atoms with Crippen LogP contribution in [0, 0.1) is 0 Å². The third-order valence-electron chi connectivity index (χ3n) is 4.91. The number of carbonyl (C=O) groups excluding carboxylic acids is 1. The number of hydrogen-bond acceptors (Lipinski definition) is 2. The van der Waals surface area contributed by atoms with Crippen molar-refractivity contribution in [1.29, 1.82) is 0 Å². The summed E-state index contributed by atoms with van der Waals surface area (Å²) in [4.78, 5) is 15.6. The van der Waals surface area contributed by atoms with Gasteiger partial charge in [-0.1, -0.05) is 24.3 Å². The largest absolute Gasteiger partial charge is 0.383 e. The van der Waals surface area contributed by atoms with Crippen LogP contribution < -0.4 is 5.32 Å². The topological polar surface area (TPSA) is 65.1 Å². The van der Waals surface area contributed by atoms with Gasteiger partial charge in [0.15, 0.2) is 0 Å². The van der Waals surface area contributed by atoms with Crippen LogP contribution in [-0.4, -0.2) is 22.5 Å². The molecule has 1 aliphatic rings. The molecule has 0 aliphatic heterocycles. The molecule has 4 rings (SSSR count). The van der Waals surface area contributed by atoms with E-state index in [9.17, 15) is 9.90 Å². The smallest absolute Gasteiger partial charge is 0.251 e. The zero-order valence-corrected chi connectivity index (χ0v) is 13.4. The minimum atomic E-state index is -0.983. The summed E-state index contributed by atoms with van der Waals surface area (Å²) in [7, 11) is 0. The number of benzene rings is 2. The monoisotopic (exact) mass is 320 g/mol. The van der Waals surface area contributed by atoms with Crippen molar-refractivity contribution < 1.29 is 9.90 Å². The summed E-state index contributed by atoms with van der Waals surface area (Å²) < 4.78 is 0. The highest BCUT2D eigenvalue weighted by molar-refractivity contribution is 5.98. The molecular weight excluding hydrogens is 300 g/mol. The Morgan fingerprint density at radius 3 is 3.00 bits per heavy atom. The molecule has 1 aromatic heterocycles. The van der Waals surface area contributed by atoms with Gasteiger partial charge in [0.2, 0.25) is 0 Å². The minimum Gasteiger partial charge on any atom is -0.383 e. The highest BCUT2D eigenvalue weighted by Gasteiger charge is 2.34. The summed E-state index contributed by atoms with van der Waals surface area (Å²) in [5.41, 5.74) is 2.75. The Balaban J connectivity index is 1.53. The Kier molecular flexibility index (Phi) is 3.62. The standard InChI is InChI=1S/C20H20N2O2/c23-19(16-7-8-18-15(12-16)9-11-21-18)22-13-20(24)10-3-5-14-4-1-2-6-17(14)20/h1-2,4,6-9,11-12,21,24H,3,5,10,13H2,(H,22,23). The normalized spacial score (nSPS) is 19.9. The van der Waals surface area contributed by atoms with Gasteiger partial charge < -0.3 is 15.4 Å². The van der Waals surface area contributed by atoms with E-state index in [-0.39, 0.29) is 12.5 Å². The molecule has 4 nitrogen and oxygen atoms in total. The summed E-state index contributed by atoms with van der Waals surface area (Å²) >= 11 is 0. The first-order chi connectivity index (χ1) is 11.7. The van der Waals surface area contributed by atoms with E-state index >= 15 is 0 Å². The van der Waals surface area contributed by atoms with Gasteiger partial charge >= 0.3 is 0 Å². The van der Waals surface area contributed by atoms with E-state index in [1.54, 1.807) is 6.07 Å². The van der Waals surface area contributed by atoms with E-state index in [1.165, 1.54) is 5.56 Å². The second kappa shape index (κ2) is 5.80. The predicted octanol–water partition coefficient (Wildman–Crippen LogP) is 3.12. The molecule has 122 valence electrons. The highest BCUT2D eigenvalue weighted by Crippen LogP contribution is 2.34. The lowest BCUT2D eigenvalue weighted by Crippen LogP contribution is -2.43. The summed E-state index contributed by atoms with van der Waals surface area (Å²) in [6.45, 7) is 0.230. The number of nitrogens with one attached hydrogen (secondary N) is 2. The Hall–Kier alpha value is -2.59. The summed E-state index contributed by atoms with van der Waals surface area (Å²) in [5, 5.41) is 15.0. The molecule has 2 aromatic carbocycles. The van der Waals surface area contributed by atoms with Crippen molar-refractivity contribution in [2.75, 3.05) is 6.54 Å². The number of fused-ring (bicyclic) bond motifs is 2. The van der Waals surface area contributed by atoms with E-state index in [2.05, 4.69) is 16.4 Å². The first-order valence-corrected chi connectivity index (χ1v) is 8.32. The quantitative estimate of drug-likeness (QED) is 0.694. The van der Waals surface area contributed by atoms with Crippen molar-refractivity contribution in [2.24, 2.45) is 0 Å².